The zero-order valence-electron chi connectivity index (χ0n) is 7.69. The average molecular weight is 277 g/mol. The fraction of sp³-hybridized carbons (Fsp3) is 0. The number of hydrogen-bond donors (Lipinski definition) is 0. The maximum Gasteiger partial charge on any atom is 0.293 e. The van der Waals surface area contributed by atoms with Gasteiger partial charge in [-0.15, -0.1) is 0 Å². The van der Waals surface area contributed by atoms with Gasteiger partial charge < -0.3 is 0 Å². The fourth-order valence-electron chi connectivity index (χ4n) is 1.09. The molecule has 0 aliphatic rings. The van der Waals surface area contributed by atoms with E-state index >= 15 is 0 Å². The van der Waals surface area contributed by atoms with Crippen LogP contribution in [0.25, 0.3) is 5.82 Å². The minimum atomic E-state index is -0.538. The summed E-state index contributed by atoms with van der Waals surface area (Å²) in [4.78, 5) is 15.6. The molecule has 2 aromatic heterocycles. The third-order valence-electron chi connectivity index (χ3n) is 1.79. The Morgan fingerprint density at radius 2 is 1.94 bits per heavy atom. The Morgan fingerprint density at radius 3 is 2.62 bits per heavy atom. The van der Waals surface area contributed by atoms with Crippen LogP contribution in [0.3, 0.4) is 0 Å². The van der Waals surface area contributed by atoms with E-state index in [1.165, 1.54) is 6.20 Å². The van der Waals surface area contributed by atoms with Crippen LogP contribution in [-0.4, -0.2) is 14.8 Å². The van der Waals surface area contributed by atoms with Crippen molar-refractivity contribution >= 4 is 34.8 Å². The quantitative estimate of drug-likeness (QED) is 0.752. The SMILES string of the molecule is O=c1c(Cl)c(Cl)cnn1-c1cccc(Cl)n1. The van der Waals surface area contributed by atoms with Gasteiger partial charge in [-0.05, 0) is 12.1 Å². The molecule has 0 saturated carbocycles. The predicted octanol–water partition coefficient (Wildman–Crippen LogP) is 2.59. The lowest BCUT2D eigenvalue weighted by Gasteiger charge is -2.04. The van der Waals surface area contributed by atoms with E-state index in [4.69, 9.17) is 34.8 Å². The zero-order valence-corrected chi connectivity index (χ0v) is 9.96. The molecule has 0 radical (unpaired) electrons. The van der Waals surface area contributed by atoms with Gasteiger partial charge in [0.05, 0.1) is 11.2 Å². The molecule has 0 spiro atoms. The van der Waals surface area contributed by atoms with Gasteiger partial charge >= 0.3 is 0 Å². The Bertz CT molecular complexity index is 597. The molecule has 0 bridgehead atoms. The van der Waals surface area contributed by atoms with Crippen LogP contribution in [0.2, 0.25) is 15.2 Å². The summed E-state index contributed by atoms with van der Waals surface area (Å²) >= 11 is 17.1. The van der Waals surface area contributed by atoms with Crippen LogP contribution in [0.5, 0.6) is 0 Å². The standard InChI is InChI=1S/C9H4Cl3N3O/c10-5-4-13-15(9(16)8(5)12)7-3-1-2-6(11)14-7/h1-4H. The normalized spacial score (nSPS) is 10.4. The molecule has 4 nitrogen and oxygen atoms in total. The molecule has 16 heavy (non-hydrogen) atoms. The topological polar surface area (TPSA) is 47.8 Å². The van der Waals surface area contributed by atoms with E-state index in [0.29, 0.717) is 0 Å². The molecule has 0 aromatic carbocycles. The molecule has 2 aromatic rings. The third-order valence-corrected chi connectivity index (χ3v) is 2.75. The Balaban J connectivity index is 2.66. The first-order valence-electron chi connectivity index (χ1n) is 4.16. The van der Waals surface area contributed by atoms with E-state index in [9.17, 15) is 4.79 Å². The molecule has 0 aliphatic heterocycles. The third kappa shape index (κ3) is 2.04. The second-order valence-electron chi connectivity index (χ2n) is 2.84. The van der Waals surface area contributed by atoms with Crippen molar-refractivity contribution in [2.45, 2.75) is 0 Å². The van der Waals surface area contributed by atoms with Gasteiger partial charge in [0.25, 0.3) is 5.56 Å². The minimum Gasteiger partial charge on any atom is -0.266 e. The van der Waals surface area contributed by atoms with E-state index in [0.717, 1.165) is 4.68 Å². The predicted molar refractivity (Wildman–Crippen MR) is 62.7 cm³/mol. The maximum atomic E-state index is 11.7. The zero-order chi connectivity index (χ0) is 11.7. The summed E-state index contributed by atoms with van der Waals surface area (Å²) < 4.78 is 1.03. The molecule has 0 amide bonds. The van der Waals surface area contributed by atoms with Crippen molar-refractivity contribution in [2.75, 3.05) is 0 Å². The van der Waals surface area contributed by atoms with Crippen molar-refractivity contribution in [2.24, 2.45) is 0 Å². The summed E-state index contributed by atoms with van der Waals surface area (Å²) in [5.41, 5.74) is -0.538. The highest BCUT2D eigenvalue weighted by molar-refractivity contribution is 6.41. The van der Waals surface area contributed by atoms with Gasteiger partial charge in [-0.1, -0.05) is 40.9 Å². The summed E-state index contributed by atoms with van der Waals surface area (Å²) in [6, 6.07) is 4.83. The molecule has 7 heteroatoms. The Hall–Kier alpha value is -1.10. The Labute approximate surface area is 105 Å². The maximum absolute atomic E-state index is 11.7. The summed E-state index contributed by atoms with van der Waals surface area (Å²) in [6.45, 7) is 0. The van der Waals surface area contributed by atoms with Crippen LogP contribution >= 0.6 is 34.8 Å². The second-order valence-corrected chi connectivity index (χ2v) is 4.01. The highest BCUT2D eigenvalue weighted by Gasteiger charge is 2.09. The highest BCUT2D eigenvalue weighted by atomic mass is 35.5. The van der Waals surface area contributed by atoms with Gasteiger partial charge in [-0.25, -0.2) is 4.98 Å². The molecule has 0 fully saturated rings. The van der Waals surface area contributed by atoms with E-state index in [2.05, 4.69) is 10.1 Å². The summed E-state index contributed by atoms with van der Waals surface area (Å²) in [7, 11) is 0. The minimum absolute atomic E-state index is 0.0987. The Kier molecular flexibility index (Phi) is 3.14. The van der Waals surface area contributed by atoms with Crippen LogP contribution in [-0.2, 0) is 0 Å². The van der Waals surface area contributed by atoms with Gasteiger partial charge in [-0.2, -0.15) is 9.78 Å². The molecular formula is C9H4Cl3N3O. The van der Waals surface area contributed by atoms with Gasteiger partial charge in [0.1, 0.15) is 10.2 Å². The van der Waals surface area contributed by atoms with Crippen LogP contribution in [0.4, 0.5) is 0 Å². The summed E-state index contributed by atoms with van der Waals surface area (Å²) in [5, 5.41) is 4.08. The average Bonchev–Trinajstić information content (AvgIpc) is 2.26. The van der Waals surface area contributed by atoms with Gasteiger partial charge in [0.15, 0.2) is 5.82 Å². The van der Waals surface area contributed by atoms with Crippen LogP contribution < -0.4 is 5.56 Å². The Morgan fingerprint density at radius 1 is 1.19 bits per heavy atom. The molecular weight excluding hydrogens is 272 g/mol. The molecule has 2 heterocycles. The number of aromatic nitrogens is 3. The second kappa shape index (κ2) is 4.41. The first kappa shape index (κ1) is 11.4. The van der Waals surface area contributed by atoms with E-state index < -0.39 is 5.56 Å². The first-order chi connectivity index (χ1) is 7.59. The van der Waals surface area contributed by atoms with Gasteiger partial charge in [0, 0.05) is 0 Å². The molecule has 0 aliphatic carbocycles. The highest BCUT2D eigenvalue weighted by Crippen LogP contribution is 2.16. The number of halogens is 3. The van der Waals surface area contributed by atoms with Crippen molar-refractivity contribution in [3.8, 4) is 5.82 Å². The van der Waals surface area contributed by atoms with Crippen molar-refractivity contribution in [3.05, 3.63) is 49.9 Å². The fourth-order valence-corrected chi connectivity index (χ4v) is 1.50. The lowest BCUT2D eigenvalue weighted by Crippen LogP contribution is -2.22. The van der Waals surface area contributed by atoms with Gasteiger partial charge in [-0.3, -0.25) is 4.79 Å². The van der Waals surface area contributed by atoms with E-state index in [1.807, 2.05) is 0 Å². The molecule has 2 rings (SSSR count). The van der Waals surface area contributed by atoms with E-state index in [-0.39, 0.29) is 21.0 Å². The molecule has 0 atom stereocenters. The van der Waals surface area contributed by atoms with Crippen molar-refractivity contribution in [1.82, 2.24) is 14.8 Å². The molecule has 0 N–H and O–H groups in total. The molecule has 0 unspecified atom stereocenters. The van der Waals surface area contributed by atoms with Crippen molar-refractivity contribution < 1.29 is 0 Å². The first-order valence-corrected chi connectivity index (χ1v) is 5.29. The lowest BCUT2D eigenvalue weighted by molar-refractivity contribution is 0.782. The number of hydrogen-bond acceptors (Lipinski definition) is 3. The largest absolute Gasteiger partial charge is 0.293 e. The number of pyridine rings is 1. The molecule has 0 saturated heterocycles. The van der Waals surface area contributed by atoms with Gasteiger partial charge in [0.2, 0.25) is 0 Å². The monoisotopic (exact) mass is 275 g/mol. The molecule has 82 valence electrons. The van der Waals surface area contributed by atoms with Crippen LogP contribution in [0.15, 0.2) is 29.2 Å². The number of rotatable bonds is 1. The van der Waals surface area contributed by atoms with Crippen molar-refractivity contribution in [3.63, 3.8) is 0 Å². The van der Waals surface area contributed by atoms with E-state index in [1.54, 1.807) is 18.2 Å². The summed E-state index contributed by atoms with van der Waals surface area (Å²) in [5.74, 6) is 0.288. The lowest BCUT2D eigenvalue weighted by atomic mass is 10.4. The smallest absolute Gasteiger partial charge is 0.266 e. The number of nitrogens with zero attached hydrogens (tertiary/aromatic N) is 3. The summed E-state index contributed by atoms with van der Waals surface area (Å²) in [6.07, 6.45) is 1.27. The van der Waals surface area contributed by atoms with Crippen LogP contribution in [0.1, 0.15) is 0 Å². The van der Waals surface area contributed by atoms with Crippen molar-refractivity contribution in [1.29, 1.82) is 0 Å². The van der Waals surface area contributed by atoms with Crippen LogP contribution in [0, 0.1) is 0 Å².